The third-order valence-corrected chi connectivity index (χ3v) is 7.35. The zero-order valence-corrected chi connectivity index (χ0v) is 26.5. The van der Waals surface area contributed by atoms with Crippen molar-refractivity contribution in [3.05, 3.63) is 54.0 Å². The smallest absolute Gasteiger partial charge is 0.413 e. The maximum atomic E-state index is 14.1. The Kier molecular flexibility index (Phi) is 9.85. The Morgan fingerprint density at radius 3 is 2.29 bits per heavy atom. The Bertz CT molecular complexity index is 1540. The summed E-state index contributed by atoms with van der Waals surface area (Å²) < 4.78 is 27.5. The lowest BCUT2D eigenvalue weighted by atomic mass is 9.92. The van der Waals surface area contributed by atoms with Crippen LogP contribution in [0.2, 0.25) is 0 Å². The highest BCUT2D eigenvalue weighted by Gasteiger charge is 2.52. The molecule has 4 rings (SSSR count). The number of anilines is 1. The van der Waals surface area contributed by atoms with Crippen LogP contribution in [0.3, 0.4) is 0 Å². The standard InChI is InChI=1S/C31H41N5O9/c1-29(2,3)45-28(40)36(27(39)31(5,32)25-33-16-18-14-19(41-6)8-10-22(18)34-25)30(4,17-37)26(38)35-23-11-9-20(42-7)15-21(23)24-43-12-13-44-24/h8-11,14-16,24,27,37,39H,12-13,17,32H2,1-7H3,(H,35,38)/t27?,30-,31+/m0/s1. The first-order chi connectivity index (χ1) is 21.1. The van der Waals surface area contributed by atoms with Crippen LogP contribution < -0.4 is 20.5 Å². The normalized spacial score (nSPS) is 17.2. The lowest BCUT2D eigenvalue weighted by Gasteiger charge is -2.45. The van der Waals surface area contributed by atoms with Crippen LogP contribution in [0.15, 0.2) is 42.6 Å². The number of fused-ring (bicyclic) bond motifs is 1. The van der Waals surface area contributed by atoms with Gasteiger partial charge in [-0.3, -0.25) is 9.69 Å². The van der Waals surface area contributed by atoms with E-state index < -0.39 is 47.8 Å². The van der Waals surface area contributed by atoms with Crippen molar-refractivity contribution in [3.8, 4) is 11.5 Å². The van der Waals surface area contributed by atoms with Gasteiger partial charge in [0.1, 0.15) is 28.2 Å². The number of amides is 2. The van der Waals surface area contributed by atoms with E-state index in [1.807, 2.05) is 0 Å². The summed E-state index contributed by atoms with van der Waals surface area (Å²) in [6.45, 7) is 7.34. The molecule has 0 bridgehead atoms. The van der Waals surface area contributed by atoms with E-state index in [9.17, 15) is 19.8 Å². The van der Waals surface area contributed by atoms with Gasteiger partial charge in [-0.15, -0.1) is 0 Å². The molecule has 2 heterocycles. The molecule has 244 valence electrons. The van der Waals surface area contributed by atoms with E-state index in [1.165, 1.54) is 34.3 Å². The number of methoxy groups -OCH3 is 2. The fourth-order valence-corrected chi connectivity index (χ4v) is 4.69. The molecule has 1 aliphatic rings. The zero-order chi connectivity index (χ0) is 33.2. The van der Waals surface area contributed by atoms with Crippen LogP contribution in [-0.2, 0) is 24.5 Å². The number of benzene rings is 2. The monoisotopic (exact) mass is 627 g/mol. The Morgan fingerprint density at radius 2 is 1.69 bits per heavy atom. The van der Waals surface area contributed by atoms with Crippen molar-refractivity contribution in [2.24, 2.45) is 5.73 Å². The predicted molar refractivity (Wildman–Crippen MR) is 163 cm³/mol. The second-order valence-electron chi connectivity index (χ2n) is 12.0. The van der Waals surface area contributed by atoms with Gasteiger partial charge < -0.3 is 44.9 Å². The Hall–Kier alpha value is -4.08. The second-order valence-corrected chi connectivity index (χ2v) is 12.0. The number of ether oxygens (including phenoxy) is 5. The first-order valence-corrected chi connectivity index (χ1v) is 14.3. The molecule has 14 nitrogen and oxygen atoms in total. The topological polar surface area (TPSA) is 188 Å². The van der Waals surface area contributed by atoms with E-state index in [4.69, 9.17) is 29.4 Å². The Morgan fingerprint density at radius 1 is 1.07 bits per heavy atom. The number of hydrogen-bond acceptors (Lipinski definition) is 12. The minimum atomic E-state index is -2.12. The number of carbonyl (C=O) groups excluding carboxylic acids is 2. The second kappa shape index (κ2) is 13.1. The summed E-state index contributed by atoms with van der Waals surface area (Å²) in [5.74, 6) is 0.198. The maximum absolute atomic E-state index is 14.1. The van der Waals surface area contributed by atoms with Crippen LogP contribution in [0, 0.1) is 0 Å². The number of nitrogens with two attached hydrogens (primary N) is 1. The molecule has 0 aliphatic carbocycles. The third kappa shape index (κ3) is 7.10. The van der Waals surface area contributed by atoms with E-state index in [-0.39, 0.29) is 11.5 Å². The van der Waals surface area contributed by atoms with Crippen molar-refractivity contribution in [1.82, 2.24) is 14.9 Å². The summed E-state index contributed by atoms with van der Waals surface area (Å²) in [6, 6.07) is 9.98. The number of aliphatic hydroxyl groups is 2. The summed E-state index contributed by atoms with van der Waals surface area (Å²) in [6.07, 6.45) is -2.36. The number of rotatable bonds is 10. The summed E-state index contributed by atoms with van der Waals surface area (Å²) in [5.41, 5.74) is 2.87. The summed E-state index contributed by atoms with van der Waals surface area (Å²) in [4.78, 5) is 37.4. The molecule has 3 atom stereocenters. The third-order valence-electron chi connectivity index (χ3n) is 7.35. The van der Waals surface area contributed by atoms with Crippen LogP contribution in [0.1, 0.15) is 52.3 Å². The number of aliphatic hydroxyl groups excluding tert-OH is 2. The average molecular weight is 628 g/mol. The van der Waals surface area contributed by atoms with Gasteiger partial charge in [-0.1, -0.05) is 0 Å². The lowest BCUT2D eigenvalue weighted by Crippen LogP contribution is -2.68. The average Bonchev–Trinajstić information content (AvgIpc) is 3.54. The molecular weight excluding hydrogens is 586 g/mol. The molecule has 1 saturated heterocycles. The highest BCUT2D eigenvalue weighted by atomic mass is 16.7. The molecule has 2 aromatic carbocycles. The van der Waals surface area contributed by atoms with Crippen molar-refractivity contribution in [2.45, 2.75) is 63.8 Å². The first kappa shape index (κ1) is 33.8. The van der Waals surface area contributed by atoms with Crippen molar-refractivity contribution in [2.75, 3.05) is 39.4 Å². The fourth-order valence-electron chi connectivity index (χ4n) is 4.69. The van der Waals surface area contributed by atoms with Crippen molar-refractivity contribution in [3.63, 3.8) is 0 Å². The molecule has 1 aromatic heterocycles. The molecule has 0 saturated carbocycles. The van der Waals surface area contributed by atoms with Gasteiger partial charge in [-0.05, 0) is 71.0 Å². The molecule has 1 unspecified atom stereocenters. The fraction of sp³-hybridized carbons (Fsp3) is 0.484. The molecule has 3 aromatic rings. The van der Waals surface area contributed by atoms with Gasteiger partial charge in [0.25, 0.3) is 5.91 Å². The predicted octanol–water partition coefficient (Wildman–Crippen LogP) is 2.81. The molecular formula is C31H41N5O9. The van der Waals surface area contributed by atoms with Crippen LogP contribution in [0.25, 0.3) is 10.9 Å². The molecule has 0 radical (unpaired) electrons. The molecule has 1 aliphatic heterocycles. The largest absolute Gasteiger partial charge is 0.497 e. The van der Waals surface area contributed by atoms with Crippen molar-refractivity contribution in [1.29, 1.82) is 0 Å². The van der Waals surface area contributed by atoms with E-state index in [1.54, 1.807) is 57.2 Å². The van der Waals surface area contributed by atoms with E-state index in [0.29, 0.717) is 46.1 Å². The van der Waals surface area contributed by atoms with Gasteiger partial charge in [0, 0.05) is 22.8 Å². The SMILES string of the molecule is COc1ccc(NC(=O)[C@](C)(CO)N(C(=O)OC(C)(C)C)C(O)[C@](C)(N)c2ncc3cc(OC)ccc3n2)c(C2OCCO2)c1. The van der Waals surface area contributed by atoms with Gasteiger partial charge in [-0.25, -0.2) is 14.8 Å². The highest BCUT2D eigenvalue weighted by molar-refractivity contribution is 6.00. The van der Waals surface area contributed by atoms with E-state index in [0.717, 1.165) is 0 Å². The molecule has 5 N–H and O–H groups in total. The Labute approximate surface area is 261 Å². The molecule has 2 amide bonds. The van der Waals surface area contributed by atoms with Gasteiger partial charge >= 0.3 is 6.09 Å². The van der Waals surface area contributed by atoms with Crippen molar-refractivity contribution < 1.29 is 43.5 Å². The van der Waals surface area contributed by atoms with Crippen LogP contribution in [0.4, 0.5) is 10.5 Å². The van der Waals surface area contributed by atoms with E-state index >= 15 is 0 Å². The van der Waals surface area contributed by atoms with Gasteiger partial charge in [-0.2, -0.15) is 0 Å². The molecule has 14 heteroatoms. The van der Waals surface area contributed by atoms with Gasteiger partial charge in [0.15, 0.2) is 18.3 Å². The van der Waals surface area contributed by atoms with Crippen LogP contribution in [-0.4, -0.2) is 88.5 Å². The minimum Gasteiger partial charge on any atom is -0.497 e. The first-order valence-electron chi connectivity index (χ1n) is 14.3. The molecule has 1 fully saturated rings. The Balaban J connectivity index is 1.75. The maximum Gasteiger partial charge on any atom is 0.413 e. The zero-order valence-electron chi connectivity index (χ0n) is 26.5. The number of carbonyl (C=O) groups is 2. The number of hydrogen-bond donors (Lipinski definition) is 4. The summed E-state index contributed by atoms with van der Waals surface area (Å²) in [5, 5.41) is 26.0. The quantitative estimate of drug-likeness (QED) is 0.241. The highest BCUT2D eigenvalue weighted by Crippen LogP contribution is 2.35. The van der Waals surface area contributed by atoms with Crippen LogP contribution >= 0.6 is 0 Å². The number of aromatic nitrogens is 2. The van der Waals surface area contributed by atoms with Gasteiger partial charge in [0.2, 0.25) is 0 Å². The van der Waals surface area contributed by atoms with Gasteiger partial charge in [0.05, 0.1) is 39.6 Å². The molecule has 0 spiro atoms. The minimum absolute atomic E-state index is 0.0325. The van der Waals surface area contributed by atoms with E-state index in [2.05, 4.69) is 15.3 Å². The summed E-state index contributed by atoms with van der Waals surface area (Å²) >= 11 is 0. The summed E-state index contributed by atoms with van der Waals surface area (Å²) in [7, 11) is 3.03. The number of nitrogens with one attached hydrogen (secondary N) is 1. The number of nitrogens with zero attached hydrogens (tertiary/aromatic N) is 3. The lowest BCUT2D eigenvalue weighted by molar-refractivity contribution is -0.147. The van der Waals surface area contributed by atoms with Crippen molar-refractivity contribution >= 4 is 28.6 Å². The van der Waals surface area contributed by atoms with Crippen LogP contribution in [0.5, 0.6) is 11.5 Å². The molecule has 45 heavy (non-hydrogen) atoms.